The van der Waals surface area contributed by atoms with Gasteiger partial charge in [-0.05, 0) is 73.2 Å². The number of carbonyl (C=O) groups is 3. The molecule has 2 aromatic rings. The number of nitrogens with two attached hydrogens (primary N) is 1. The molecule has 3 N–H and O–H groups in total. The number of likely N-dealkylation sites (tertiary alicyclic amines) is 1. The predicted molar refractivity (Wildman–Crippen MR) is 118 cm³/mol. The first kappa shape index (κ1) is 21.5. The van der Waals surface area contributed by atoms with Crippen molar-refractivity contribution in [3.8, 4) is 0 Å². The molecule has 9 heteroatoms. The fourth-order valence-corrected chi connectivity index (χ4v) is 5.24. The summed E-state index contributed by atoms with van der Waals surface area (Å²) in [5.74, 6) is -1.43. The van der Waals surface area contributed by atoms with Crippen LogP contribution in [0.1, 0.15) is 58.6 Å². The number of nitrogens with zero attached hydrogens (tertiary/aromatic N) is 3. The van der Waals surface area contributed by atoms with E-state index in [-0.39, 0.29) is 30.7 Å². The molecule has 3 aliphatic rings. The van der Waals surface area contributed by atoms with Gasteiger partial charge in [-0.3, -0.25) is 29.6 Å². The van der Waals surface area contributed by atoms with E-state index < -0.39 is 17.8 Å². The van der Waals surface area contributed by atoms with Crippen LogP contribution in [0.5, 0.6) is 0 Å². The fraction of sp³-hybridized carbons (Fsp3) is 0.417. The molecule has 1 atom stereocenters. The molecule has 5 rings (SSSR count). The minimum Gasteiger partial charge on any atom is -0.397 e. The zero-order valence-corrected chi connectivity index (χ0v) is 18.2. The second kappa shape index (κ2) is 8.55. The predicted octanol–water partition coefficient (Wildman–Crippen LogP) is 1.94. The number of amides is 3. The Morgan fingerprint density at radius 3 is 2.67 bits per heavy atom. The van der Waals surface area contributed by atoms with Crippen LogP contribution in [0.2, 0.25) is 0 Å². The van der Waals surface area contributed by atoms with E-state index in [1.165, 1.54) is 11.0 Å². The third-order valence-electron chi connectivity index (χ3n) is 7.02. The van der Waals surface area contributed by atoms with E-state index >= 15 is 0 Å². The van der Waals surface area contributed by atoms with Crippen molar-refractivity contribution in [1.29, 1.82) is 0 Å². The van der Waals surface area contributed by atoms with Gasteiger partial charge < -0.3 is 10.6 Å². The maximum atomic E-state index is 14.5. The van der Waals surface area contributed by atoms with Gasteiger partial charge in [0.25, 0.3) is 5.91 Å². The normalized spacial score (nSPS) is 21.9. The minimum atomic E-state index is -0.703. The summed E-state index contributed by atoms with van der Waals surface area (Å²) in [5, 5.41) is 2.31. The lowest BCUT2D eigenvalue weighted by molar-refractivity contribution is -0.136. The summed E-state index contributed by atoms with van der Waals surface area (Å²) in [5.41, 5.74) is 9.74. The molecule has 3 amide bonds. The van der Waals surface area contributed by atoms with Gasteiger partial charge in [0.05, 0.1) is 11.9 Å². The molecule has 1 unspecified atom stereocenters. The molecule has 0 aliphatic carbocycles. The highest BCUT2D eigenvalue weighted by atomic mass is 19.1. The highest BCUT2D eigenvalue weighted by Crippen LogP contribution is 2.38. The quantitative estimate of drug-likeness (QED) is 0.688. The number of nitrogens with one attached hydrogen (secondary N) is 1. The number of hydrogen-bond donors (Lipinski definition) is 2. The van der Waals surface area contributed by atoms with Crippen molar-refractivity contribution in [2.45, 2.75) is 50.7 Å². The van der Waals surface area contributed by atoms with Gasteiger partial charge >= 0.3 is 0 Å². The van der Waals surface area contributed by atoms with Crippen molar-refractivity contribution in [1.82, 2.24) is 20.1 Å². The maximum absolute atomic E-state index is 14.5. The van der Waals surface area contributed by atoms with Gasteiger partial charge in [0.15, 0.2) is 0 Å². The van der Waals surface area contributed by atoms with Crippen molar-refractivity contribution in [2.75, 3.05) is 18.8 Å². The van der Waals surface area contributed by atoms with Crippen LogP contribution < -0.4 is 11.1 Å². The number of hydrogen-bond acceptors (Lipinski definition) is 6. The second-order valence-corrected chi connectivity index (χ2v) is 9.05. The van der Waals surface area contributed by atoms with Gasteiger partial charge in [-0.2, -0.15) is 0 Å². The number of piperidine rings is 2. The number of fused-ring (bicyclic) bond motifs is 1. The SMILES string of the molecule is Nc1cnccc1CN1CCC(c2cc(F)cc3c2CN(C2CCC(=O)NC2=O)C3=O)CC1. The highest BCUT2D eigenvalue weighted by molar-refractivity contribution is 6.05. The Bertz CT molecular complexity index is 1130. The molecule has 4 heterocycles. The highest BCUT2D eigenvalue weighted by Gasteiger charge is 2.41. The van der Waals surface area contributed by atoms with Gasteiger partial charge in [-0.25, -0.2) is 4.39 Å². The minimum absolute atomic E-state index is 0.134. The number of nitrogen functional groups attached to an aromatic ring is 1. The average molecular weight is 452 g/mol. The number of halogens is 1. The lowest BCUT2D eigenvalue weighted by Gasteiger charge is -2.33. The van der Waals surface area contributed by atoms with Crippen LogP contribution in [-0.4, -0.2) is 51.6 Å². The van der Waals surface area contributed by atoms with Crippen LogP contribution >= 0.6 is 0 Å². The van der Waals surface area contributed by atoms with Crippen LogP contribution in [0, 0.1) is 5.82 Å². The monoisotopic (exact) mass is 451 g/mol. The Hall–Kier alpha value is -3.33. The molecule has 0 radical (unpaired) electrons. The first-order chi connectivity index (χ1) is 15.9. The Morgan fingerprint density at radius 2 is 1.94 bits per heavy atom. The van der Waals surface area contributed by atoms with E-state index in [1.807, 2.05) is 6.07 Å². The molecular formula is C24H26FN5O3. The largest absolute Gasteiger partial charge is 0.397 e. The van der Waals surface area contributed by atoms with Gasteiger partial charge in [0.1, 0.15) is 11.9 Å². The number of benzene rings is 1. The van der Waals surface area contributed by atoms with Gasteiger partial charge in [-0.1, -0.05) is 0 Å². The summed E-state index contributed by atoms with van der Waals surface area (Å²) in [6.07, 6.45) is 5.56. The number of pyridine rings is 1. The second-order valence-electron chi connectivity index (χ2n) is 9.05. The van der Waals surface area contributed by atoms with E-state index in [2.05, 4.69) is 15.2 Å². The number of rotatable bonds is 4. The van der Waals surface area contributed by atoms with Crippen LogP contribution in [0.4, 0.5) is 10.1 Å². The Labute approximate surface area is 190 Å². The summed E-state index contributed by atoms with van der Waals surface area (Å²) < 4.78 is 14.5. The van der Waals surface area contributed by atoms with E-state index in [1.54, 1.807) is 18.5 Å². The number of imide groups is 1. The third kappa shape index (κ3) is 4.08. The van der Waals surface area contributed by atoms with E-state index in [4.69, 9.17) is 5.73 Å². The lowest BCUT2D eigenvalue weighted by atomic mass is 9.85. The molecule has 2 saturated heterocycles. The van der Waals surface area contributed by atoms with Gasteiger partial charge in [0.2, 0.25) is 11.8 Å². The molecule has 172 valence electrons. The van der Waals surface area contributed by atoms with Crippen molar-refractivity contribution >= 4 is 23.4 Å². The van der Waals surface area contributed by atoms with Gasteiger partial charge in [0, 0.05) is 31.3 Å². The molecule has 0 bridgehead atoms. The Kier molecular flexibility index (Phi) is 5.57. The van der Waals surface area contributed by atoms with E-state index in [0.29, 0.717) is 17.7 Å². The van der Waals surface area contributed by atoms with Crippen molar-refractivity contribution < 1.29 is 18.8 Å². The number of aromatic nitrogens is 1. The average Bonchev–Trinajstić information content (AvgIpc) is 3.11. The molecule has 2 fully saturated rings. The Balaban J connectivity index is 1.32. The zero-order chi connectivity index (χ0) is 23.1. The van der Waals surface area contributed by atoms with Gasteiger partial charge in [-0.15, -0.1) is 0 Å². The fourth-order valence-electron chi connectivity index (χ4n) is 5.24. The summed E-state index contributed by atoms with van der Waals surface area (Å²) in [4.78, 5) is 44.7. The van der Waals surface area contributed by atoms with Crippen LogP contribution in [-0.2, 0) is 22.7 Å². The molecule has 8 nitrogen and oxygen atoms in total. The lowest BCUT2D eigenvalue weighted by Crippen LogP contribution is -2.52. The van der Waals surface area contributed by atoms with Crippen molar-refractivity contribution in [3.63, 3.8) is 0 Å². The standard InChI is InChI=1S/C24H26FN5O3/c25-16-9-17(14-4-7-29(8-5-14)12-15-3-6-27-11-20(15)26)19-13-30(24(33)18(19)10-16)21-1-2-22(31)28-23(21)32/h3,6,9-11,14,21H,1-2,4-5,7-8,12-13,26H2,(H,28,31,32). The zero-order valence-electron chi connectivity index (χ0n) is 18.2. The van der Waals surface area contributed by atoms with Crippen LogP contribution in [0.3, 0.4) is 0 Å². The van der Waals surface area contributed by atoms with E-state index in [0.717, 1.165) is 49.2 Å². The molecule has 0 spiro atoms. The maximum Gasteiger partial charge on any atom is 0.255 e. The molecule has 33 heavy (non-hydrogen) atoms. The van der Waals surface area contributed by atoms with Crippen molar-refractivity contribution in [2.24, 2.45) is 0 Å². The first-order valence-corrected chi connectivity index (χ1v) is 11.3. The summed E-state index contributed by atoms with van der Waals surface area (Å²) in [6.45, 7) is 2.68. The summed E-state index contributed by atoms with van der Waals surface area (Å²) >= 11 is 0. The Morgan fingerprint density at radius 1 is 1.15 bits per heavy atom. The molecule has 3 aliphatic heterocycles. The number of anilines is 1. The molecule has 1 aromatic heterocycles. The number of carbonyl (C=O) groups excluding carboxylic acids is 3. The topological polar surface area (TPSA) is 109 Å². The first-order valence-electron chi connectivity index (χ1n) is 11.3. The molecular weight excluding hydrogens is 425 g/mol. The van der Waals surface area contributed by atoms with Crippen LogP contribution in [0.25, 0.3) is 0 Å². The molecule has 0 saturated carbocycles. The summed E-state index contributed by atoms with van der Waals surface area (Å²) in [7, 11) is 0. The van der Waals surface area contributed by atoms with E-state index in [9.17, 15) is 18.8 Å². The third-order valence-corrected chi connectivity index (χ3v) is 7.02. The molecule has 1 aromatic carbocycles. The van der Waals surface area contributed by atoms with Crippen molar-refractivity contribution in [3.05, 3.63) is 58.7 Å². The smallest absolute Gasteiger partial charge is 0.255 e. The van der Waals surface area contributed by atoms with Crippen LogP contribution in [0.15, 0.2) is 30.6 Å². The summed E-state index contributed by atoms with van der Waals surface area (Å²) in [6, 6.07) is 4.04.